The molecule has 1 fully saturated rings. The molecule has 0 aromatic heterocycles. The van der Waals surface area contributed by atoms with Gasteiger partial charge in [0.25, 0.3) is 5.91 Å². The summed E-state index contributed by atoms with van der Waals surface area (Å²) in [7, 11) is 0. The highest BCUT2D eigenvalue weighted by Crippen LogP contribution is 2.16. The maximum Gasteiger partial charge on any atom is 0.253 e. The van der Waals surface area contributed by atoms with Gasteiger partial charge in [-0.05, 0) is 37.4 Å². The minimum absolute atomic E-state index is 0.0509. The van der Waals surface area contributed by atoms with Gasteiger partial charge >= 0.3 is 0 Å². The molecule has 0 radical (unpaired) electrons. The predicted molar refractivity (Wildman–Crippen MR) is 89.3 cm³/mol. The zero-order valence-electron chi connectivity index (χ0n) is 13.2. The molecule has 2 rings (SSSR count). The van der Waals surface area contributed by atoms with Crippen molar-refractivity contribution in [2.75, 3.05) is 45.5 Å². The Morgan fingerprint density at radius 3 is 2.32 bits per heavy atom. The number of benzene rings is 1. The van der Waals surface area contributed by atoms with Crippen LogP contribution in [0, 0.1) is 0 Å². The standard InChI is InChI=1S/C16H23N3O2S/c1-3-17-15(20)12-18-8-10-19(11-9-18)16(21)13-4-6-14(22-2)7-5-13/h4-7H,3,8-12H2,1-2H3,(H,17,20). The van der Waals surface area contributed by atoms with E-state index in [1.165, 1.54) is 0 Å². The van der Waals surface area contributed by atoms with Gasteiger partial charge in [0.1, 0.15) is 0 Å². The molecule has 0 spiro atoms. The fourth-order valence-electron chi connectivity index (χ4n) is 2.48. The normalized spacial score (nSPS) is 15.6. The van der Waals surface area contributed by atoms with E-state index in [-0.39, 0.29) is 11.8 Å². The SMILES string of the molecule is CCNC(=O)CN1CCN(C(=O)c2ccc(SC)cc2)CC1. The first-order valence-corrected chi connectivity index (χ1v) is 8.79. The van der Waals surface area contributed by atoms with Gasteiger partial charge in [-0.25, -0.2) is 0 Å². The van der Waals surface area contributed by atoms with Crippen molar-refractivity contribution < 1.29 is 9.59 Å². The van der Waals surface area contributed by atoms with Crippen molar-refractivity contribution in [3.05, 3.63) is 29.8 Å². The lowest BCUT2D eigenvalue weighted by Gasteiger charge is -2.34. The van der Waals surface area contributed by atoms with Crippen molar-refractivity contribution >= 4 is 23.6 Å². The summed E-state index contributed by atoms with van der Waals surface area (Å²) in [4.78, 5) is 29.1. The molecule has 1 aromatic carbocycles. The lowest BCUT2D eigenvalue weighted by atomic mass is 10.2. The molecule has 1 aliphatic heterocycles. The second-order valence-corrected chi connectivity index (χ2v) is 6.13. The zero-order chi connectivity index (χ0) is 15.9. The van der Waals surface area contributed by atoms with Crippen LogP contribution in [0.25, 0.3) is 0 Å². The van der Waals surface area contributed by atoms with Crippen molar-refractivity contribution in [1.82, 2.24) is 15.1 Å². The molecule has 0 saturated carbocycles. The second kappa shape index (κ2) is 8.19. The molecule has 1 heterocycles. The highest BCUT2D eigenvalue weighted by Gasteiger charge is 2.23. The zero-order valence-corrected chi connectivity index (χ0v) is 14.0. The Bertz CT molecular complexity index is 511. The number of rotatable bonds is 5. The van der Waals surface area contributed by atoms with E-state index in [0.29, 0.717) is 26.2 Å². The number of hydrogen-bond donors (Lipinski definition) is 1. The van der Waals surface area contributed by atoms with Crippen LogP contribution in [0.4, 0.5) is 0 Å². The van der Waals surface area contributed by atoms with Gasteiger partial charge in [0.05, 0.1) is 6.54 Å². The first-order chi connectivity index (χ1) is 10.6. The first kappa shape index (κ1) is 16.8. The Labute approximate surface area is 136 Å². The Kier molecular flexibility index (Phi) is 6.27. The molecular formula is C16H23N3O2S. The van der Waals surface area contributed by atoms with Gasteiger partial charge in [0, 0.05) is 43.2 Å². The molecule has 1 saturated heterocycles. The average Bonchev–Trinajstić information content (AvgIpc) is 2.55. The summed E-state index contributed by atoms with van der Waals surface area (Å²) >= 11 is 1.67. The fraction of sp³-hybridized carbons (Fsp3) is 0.500. The van der Waals surface area contributed by atoms with Crippen molar-refractivity contribution in [3.63, 3.8) is 0 Å². The van der Waals surface area contributed by atoms with E-state index in [2.05, 4.69) is 10.2 Å². The van der Waals surface area contributed by atoms with Gasteiger partial charge < -0.3 is 10.2 Å². The van der Waals surface area contributed by atoms with Crippen LogP contribution in [0.1, 0.15) is 17.3 Å². The molecule has 2 amide bonds. The fourth-order valence-corrected chi connectivity index (χ4v) is 2.89. The van der Waals surface area contributed by atoms with Gasteiger partial charge in [0.2, 0.25) is 5.91 Å². The van der Waals surface area contributed by atoms with E-state index in [4.69, 9.17) is 0 Å². The van der Waals surface area contributed by atoms with E-state index in [0.717, 1.165) is 23.5 Å². The van der Waals surface area contributed by atoms with Gasteiger partial charge in [-0.3, -0.25) is 14.5 Å². The van der Waals surface area contributed by atoms with Crippen LogP contribution < -0.4 is 5.32 Å². The number of nitrogens with one attached hydrogen (secondary N) is 1. The number of piperazine rings is 1. The number of thioether (sulfide) groups is 1. The van der Waals surface area contributed by atoms with E-state index in [9.17, 15) is 9.59 Å². The number of carbonyl (C=O) groups excluding carboxylic acids is 2. The summed E-state index contributed by atoms with van der Waals surface area (Å²) in [5, 5.41) is 2.80. The Hall–Kier alpha value is -1.53. The summed E-state index contributed by atoms with van der Waals surface area (Å²) in [5.41, 5.74) is 0.731. The van der Waals surface area contributed by atoms with Gasteiger partial charge in [0.15, 0.2) is 0 Å². The number of amides is 2. The van der Waals surface area contributed by atoms with E-state index in [1.54, 1.807) is 11.8 Å². The Morgan fingerprint density at radius 2 is 1.77 bits per heavy atom. The third-order valence-electron chi connectivity index (χ3n) is 3.74. The molecule has 0 atom stereocenters. The monoisotopic (exact) mass is 321 g/mol. The second-order valence-electron chi connectivity index (χ2n) is 5.25. The lowest BCUT2D eigenvalue weighted by molar-refractivity contribution is -0.122. The van der Waals surface area contributed by atoms with Crippen LogP contribution in [0.5, 0.6) is 0 Å². The molecule has 6 heteroatoms. The largest absolute Gasteiger partial charge is 0.355 e. The van der Waals surface area contributed by atoms with Gasteiger partial charge in [-0.1, -0.05) is 0 Å². The summed E-state index contributed by atoms with van der Waals surface area (Å²) in [6.45, 7) is 5.81. The minimum Gasteiger partial charge on any atom is -0.355 e. The molecule has 1 N–H and O–H groups in total. The highest BCUT2D eigenvalue weighted by molar-refractivity contribution is 7.98. The van der Waals surface area contributed by atoms with Gasteiger partial charge in [-0.15, -0.1) is 11.8 Å². The van der Waals surface area contributed by atoms with Crippen molar-refractivity contribution in [2.45, 2.75) is 11.8 Å². The van der Waals surface area contributed by atoms with Crippen molar-refractivity contribution in [1.29, 1.82) is 0 Å². The number of likely N-dealkylation sites (N-methyl/N-ethyl adjacent to an activating group) is 1. The Balaban J connectivity index is 1.85. The first-order valence-electron chi connectivity index (χ1n) is 7.56. The van der Waals surface area contributed by atoms with E-state index < -0.39 is 0 Å². The summed E-state index contributed by atoms with van der Waals surface area (Å²) < 4.78 is 0. The van der Waals surface area contributed by atoms with E-state index >= 15 is 0 Å². The molecule has 1 aliphatic rings. The van der Waals surface area contributed by atoms with Gasteiger partial charge in [-0.2, -0.15) is 0 Å². The minimum atomic E-state index is 0.0509. The molecule has 5 nitrogen and oxygen atoms in total. The third kappa shape index (κ3) is 4.48. The maximum absolute atomic E-state index is 12.5. The number of nitrogens with zero attached hydrogens (tertiary/aromatic N) is 2. The van der Waals surface area contributed by atoms with Crippen LogP contribution in [0.2, 0.25) is 0 Å². The predicted octanol–water partition coefficient (Wildman–Crippen LogP) is 1.30. The number of hydrogen-bond acceptors (Lipinski definition) is 4. The average molecular weight is 321 g/mol. The lowest BCUT2D eigenvalue weighted by Crippen LogP contribution is -2.51. The smallest absolute Gasteiger partial charge is 0.253 e. The molecule has 120 valence electrons. The van der Waals surface area contributed by atoms with E-state index in [1.807, 2.05) is 42.3 Å². The summed E-state index contributed by atoms with van der Waals surface area (Å²) in [6.07, 6.45) is 2.02. The van der Waals surface area contributed by atoms with Crippen molar-refractivity contribution in [2.24, 2.45) is 0 Å². The molecule has 0 aliphatic carbocycles. The molecular weight excluding hydrogens is 298 g/mol. The van der Waals surface area contributed by atoms with Crippen LogP contribution >= 0.6 is 11.8 Å². The third-order valence-corrected chi connectivity index (χ3v) is 4.48. The van der Waals surface area contributed by atoms with Crippen LogP contribution in [-0.2, 0) is 4.79 Å². The highest BCUT2D eigenvalue weighted by atomic mass is 32.2. The molecule has 1 aromatic rings. The molecule has 0 unspecified atom stereocenters. The quantitative estimate of drug-likeness (QED) is 0.831. The number of carbonyl (C=O) groups is 2. The van der Waals surface area contributed by atoms with Crippen molar-refractivity contribution in [3.8, 4) is 0 Å². The maximum atomic E-state index is 12.5. The van der Waals surface area contributed by atoms with Crippen LogP contribution in [0.15, 0.2) is 29.2 Å². The summed E-state index contributed by atoms with van der Waals surface area (Å²) in [6, 6.07) is 7.72. The Morgan fingerprint density at radius 1 is 1.14 bits per heavy atom. The topological polar surface area (TPSA) is 52.7 Å². The molecule has 22 heavy (non-hydrogen) atoms. The van der Waals surface area contributed by atoms with Crippen LogP contribution in [0.3, 0.4) is 0 Å². The van der Waals surface area contributed by atoms with Crippen LogP contribution in [-0.4, -0.2) is 67.1 Å². The molecule has 0 bridgehead atoms. The summed E-state index contributed by atoms with van der Waals surface area (Å²) in [5.74, 6) is 0.125.